The van der Waals surface area contributed by atoms with Gasteiger partial charge >= 0.3 is 0 Å². The molecule has 25 heavy (non-hydrogen) atoms. The predicted octanol–water partition coefficient (Wildman–Crippen LogP) is 3.50. The zero-order valence-corrected chi connectivity index (χ0v) is 14.7. The van der Waals surface area contributed by atoms with Crippen molar-refractivity contribution in [3.63, 3.8) is 0 Å². The van der Waals surface area contributed by atoms with Crippen molar-refractivity contribution >= 4 is 5.91 Å². The molecule has 4 rings (SSSR count). The van der Waals surface area contributed by atoms with Gasteiger partial charge in [-0.3, -0.25) is 9.69 Å². The van der Waals surface area contributed by atoms with Gasteiger partial charge in [0.05, 0.1) is 5.92 Å². The summed E-state index contributed by atoms with van der Waals surface area (Å²) in [4.78, 5) is 15.3. The largest absolute Gasteiger partial charge is 0.352 e. The summed E-state index contributed by atoms with van der Waals surface area (Å²) in [6, 6.07) is 19.3. The van der Waals surface area contributed by atoms with Crippen molar-refractivity contribution in [3.05, 3.63) is 71.3 Å². The number of fused-ring (bicyclic) bond motifs is 1. The van der Waals surface area contributed by atoms with Crippen LogP contribution in [0.3, 0.4) is 0 Å². The lowest BCUT2D eigenvalue weighted by Crippen LogP contribution is -2.40. The van der Waals surface area contributed by atoms with Crippen LogP contribution in [0.25, 0.3) is 0 Å². The number of carbonyl (C=O) groups excluding carboxylic acids is 1. The normalized spacial score (nSPS) is 23.2. The molecule has 1 aliphatic carbocycles. The maximum atomic E-state index is 12.9. The van der Waals surface area contributed by atoms with Crippen LogP contribution in [-0.4, -0.2) is 29.9 Å². The summed E-state index contributed by atoms with van der Waals surface area (Å²) in [5, 5.41) is 3.32. The SMILES string of the molecule is O=C(NC1CCN(Cc2ccccc2)C1)C1CCCc2ccccc21. The van der Waals surface area contributed by atoms with E-state index in [1.165, 1.54) is 16.7 Å². The number of likely N-dealkylation sites (tertiary alicyclic amines) is 1. The Balaban J connectivity index is 1.35. The number of amides is 1. The number of hydrogen-bond acceptors (Lipinski definition) is 2. The second-order valence-electron chi connectivity index (χ2n) is 7.36. The molecule has 1 N–H and O–H groups in total. The van der Waals surface area contributed by atoms with E-state index in [1.807, 2.05) is 0 Å². The van der Waals surface area contributed by atoms with Gasteiger partial charge in [-0.25, -0.2) is 0 Å². The number of hydrogen-bond donors (Lipinski definition) is 1. The quantitative estimate of drug-likeness (QED) is 0.928. The number of rotatable bonds is 4. The summed E-state index contributed by atoms with van der Waals surface area (Å²) in [5.41, 5.74) is 3.94. The van der Waals surface area contributed by atoms with Crippen molar-refractivity contribution in [2.24, 2.45) is 0 Å². The molecule has 3 nitrogen and oxygen atoms in total. The highest BCUT2D eigenvalue weighted by Gasteiger charge is 2.30. The lowest BCUT2D eigenvalue weighted by atomic mass is 9.82. The van der Waals surface area contributed by atoms with Crippen LogP contribution in [0.5, 0.6) is 0 Å². The van der Waals surface area contributed by atoms with Gasteiger partial charge in [0.2, 0.25) is 5.91 Å². The lowest BCUT2D eigenvalue weighted by Gasteiger charge is -2.26. The summed E-state index contributed by atoms with van der Waals surface area (Å²) in [6.45, 7) is 2.98. The highest BCUT2D eigenvalue weighted by molar-refractivity contribution is 5.84. The topological polar surface area (TPSA) is 32.3 Å². The molecule has 2 aromatic rings. The number of benzene rings is 2. The first-order chi connectivity index (χ1) is 12.3. The van der Waals surface area contributed by atoms with Crippen molar-refractivity contribution in [1.82, 2.24) is 10.2 Å². The third-order valence-corrected chi connectivity index (χ3v) is 5.55. The molecule has 2 aliphatic rings. The fourth-order valence-corrected chi connectivity index (χ4v) is 4.26. The molecule has 2 unspecified atom stereocenters. The fraction of sp³-hybridized carbons (Fsp3) is 0.409. The van der Waals surface area contributed by atoms with Crippen molar-refractivity contribution in [2.75, 3.05) is 13.1 Å². The lowest BCUT2D eigenvalue weighted by molar-refractivity contribution is -0.123. The summed E-state index contributed by atoms with van der Waals surface area (Å²) < 4.78 is 0. The van der Waals surface area contributed by atoms with Gasteiger partial charge in [0, 0.05) is 25.7 Å². The molecule has 1 amide bonds. The summed E-state index contributed by atoms with van der Waals surface area (Å²) in [7, 11) is 0. The third kappa shape index (κ3) is 3.77. The van der Waals surface area contributed by atoms with Crippen LogP contribution < -0.4 is 5.32 Å². The van der Waals surface area contributed by atoms with E-state index >= 15 is 0 Å². The molecule has 0 spiro atoms. The van der Waals surface area contributed by atoms with E-state index in [2.05, 4.69) is 64.8 Å². The maximum absolute atomic E-state index is 12.9. The first kappa shape index (κ1) is 16.3. The van der Waals surface area contributed by atoms with Gasteiger partial charge in [0.15, 0.2) is 0 Å². The van der Waals surface area contributed by atoms with Gasteiger partial charge in [-0.1, -0.05) is 54.6 Å². The molecular weight excluding hydrogens is 308 g/mol. The van der Waals surface area contributed by atoms with Gasteiger partial charge in [0.25, 0.3) is 0 Å². The van der Waals surface area contributed by atoms with Gasteiger partial charge in [-0.2, -0.15) is 0 Å². The molecule has 3 heteroatoms. The van der Waals surface area contributed by atoms with Crippen molar-refractivity contribution in [1.29, 1.82) is 0 Å². The molecule has 0 bridgehead atoms. The molecule has 2 aromatic carbocycles. The summed E-state index contributed by atoms with van der Waals surface area (Å²) in [6.07, 6.45) is 4.24. The van der Waals surface area contributed by atoms with Crippen LogP contribution in [-0.2, 0) is 17.8 Å². The molecule has 130 valence electrons. The Morgan fingerprint density at radius 1 is 1.04 bits per heavy atom. The molecule has 1 saturated heterocycles. The molecule has 1 aliphatic heterocycles. The third-order valence-electron chi connectivity index (χ3n) is 5.55. The summed E-state index contributed by atoms with van der Waals surface area (Å²) in [5.74, 6) is 0.256. The smallest absolute Gasteiger partial charge is 0.227 e. The zero-order chi connectivity index (χ0) is 17.1. The van der Waals surface area contributed by atoms with Crippen molar-refractivity contribution in [3.8, 4) is 0 Å². The van der Waals surface area contributed by atoms with Crippen LogP contribution in [0.1, 0.15) is 41.9 Å². The van der Waals surface area contributed by atoms with Crippen LogP contribution in [0.2, 0.25) is 0 Å². The van der Waals surface area contributed by atoms with E-state index in [0.29, 0.717) is 0 Å². The van der Waals surface area contributed by atoms with Crippen molar-refractivity contribution in [2.45, 2.75) is 44.2 Å². The second-order valence-corrected chi connectivity index (χ2v) is 7.36. The van der Waals surface area contributed by atoms with Crippen LogP contribution in [0.4, 0.5) is 0 Å². The van der Waals surface area contributed by atoms with E-state index in [4.69, 9.17) is 0 Å². The van der Waals surface area contributed by atoms with E-state index in [1.54, 1.807) is 0 Å². The van der Waals surface area contributed by atoms with Crippen LogP contribution in [0.15, 0.2) is 54.6 Å². The minimum Gasteiger partial charge on any atom is -0.352 e. The Bertz CT molecular complexity index is 728. The van der Waals surface area contributed by atoms with E-state index in [9.17, 15) is 4.79 Å². The molecular formula is C22H26N2O. The number of nitrogens with one attached hydrogen (secondary N) is 1. The minimum atomic E-state index is 0.0353. The van der Waals surface area contributed by atoms with Crippen LogP contribution >= 0.6 is 0 Å². The van der Waals surface area contributed by atoms with E-state index in [0.717, 1.165) is 45.3 Å². The maximum Gasteiger partial charge on any atom is 0.227 e. The summed E-state index contributed by atoms with van der Waals surface area (Å²) >= 11 is 0. The zero-order valence-electron chi connectivity index (χ0n) is 14.7. The average Bonchev–Trinajstić information content (AvgIpc) is 3.09. The first-order valence-corrected chi connectivity index (χ1v) is 9.44. The van der Waals surface area contributed by atoms with E-state index < -0.39 is 0 Å². The predicted molar refractivity (Wildman–Crippen MR) is 100 cm³/mol. The number of carbonyl (C=O) groups is 1. The van der Waals surface area contributed by atoms with Crippen LogP contribution in [0, 0.1) is 0 Å². The molecule has 0 radical (unpaired) electrons. The molecule has 1 fully saturated rings. The molecule has 2 atom stereocenters. The van der Waals surface area contributed by atoms with Gasteiger partial charge in [-0.15, -0.1) is 0 Å². The van der Waals surface area contributed by atoms with E-state index in [-0.39, 0.29) is 17.9 Å². The standard InChI is InChI=1S/C22H26N2O/c25-22(21-12-6-10-18-9-4-5-11-20(18)21)23-19-13-14-24(16-19)15-17-7-2-1-3-8-17/h1-5,7-9,11,19,21H,6,10,12-16H2,(H,23,25). The Hall–Kier alpha value is -2.13. The fourth-order valence-electron chi connectivity index (χ4n) is 4.26. The van der Waals surface area contributed by atoms with Gasteiger partial charge in [0.1, 0.15) is 0 Å². The second kappa shape index (κ2) is 7.40. The average molecular weight is 334 g/mol. The molecule has 1 heterocycles. The Morgan fingerprint density at radius 2 is 1.84 bits per heavy atom. The number of nitrogens with zero attached hydrogens (tertiary/aromatic N) is 1. The Kier molecular flexibility index (Phi) is 4.84. The Labute approximate surface area is 150 Å². The number of aryl methyl sites for hydroxylation is 1. The van der Waals surface area contributed by atoms with Gasteiger partial charge < -0.3 is 5.32 Å². The first-order valence-electron chi connectivity index (χ1n) is 9.44. The molecule has 0 aromatic heterocycles. The monoisotopic (exact) mass is 334 g/mol. The highest BCUT2D eigenvalue weighted by atomic mass is 16.2. The minimum absolute atomic E-state index is 0.0353. The highest BCUT2D eigenvalue weighted by Crippen LogP contribution is 2.31. The molecule has 0 saturated carbocycles. The Morgan fingerprint density at radius 3 is 2.72 bits per heavy atom. The van der Waals surface area contributed by atoms with Crippen molar-refractivity contribution < 1.29 is 4.79 Å². The van der Waals surface area contributed by atoms with Gasteiger partial charge in [-0.05, 0) is 42.4 Å².